The van der Waals surface area contributed by atoms with Gasteiger partial charge in [-0.2, -0.15) is 0 Å². The van der Waals surface area contributed by atoms with Gasteiger partial charge in [0.15, 0.2) is 0 Å². The molecule has 0 bridgehead atoms. The van der Waals surface area contributed by atoms with Crippen molar-refractivity contribution < 1.29 is 9.84 Å². The van der Waals surface area contributed by atoms with Crippen molar-refractivity contribution in [1.29, 1.82) is 0 Å². The molecule has 0 atom stereocenters. The van der Waals surface area contributed by atoms with Crippen LogP contribution in [0.25, 0.3) is 0 Å². The molecular formula is C13H20ClNO2. The van der Waals surface area contributed by atoms with Gasteiger partial charge >= 0.3 is 0 Å². The van der Waals surface area contributed by atoms with Crippen LogP contribution in [0.15, 0.2) is 18.2 Å². The molecule has 0 aliphatic heterocycles. The second kappa shape index (κ2) is 7.54. The van der Waals surface area contributed by atoms with Crippen LogP contribution in [0, 0.1) is 0 Å². The third-order valence-electron chi connectivity index (χ3n) is 2.65. The van der Waals surface area contributed by atoms with Crippen LogP contribution < -0.4 is 4.74 Å². The number of halogens is 1. The Morgan fingerprint density at radius 2 is 2.12 bits per heavy atom. The summed E-state index contributed by atoms with van der Waals surface area (Å²) < 4.78 is 5.11. The van der Waals surface area contributed by atoms with Crippen molar-refractivity contribution in [3.63, 3.8) is 0 Å². The number of methoxy groups -OCH3 is 1. The van der Waals surface area contributed by atoms with E-state index in [0.29, 0.717) is 0 Å². The van der Waals surface area contributed by atoms with Gasteiger partial charge in [-0.3, -0.25) is 0 Å². The third kappa shape index (κ3) is 4.94. The standard InChI is InChI=1S/C13H20ClNO2/c1-15(7-3-4-8-16)10-11-5-6-12(17-2)9-13(11)14/h5-6,9,16H,3-4,7-8,10H2,1-2H3. The number of benzene rings is 1. The summed E-state index contributed by atoms with van der Waals surface area (Å²) in [5.41, 5.74) is 1.10. The molecule has 0 saturated carbocycles. The molecule has 1 N–H and O–H groups in total. The number of rotatable bonds is 7. The van der Waals surface area contributed by atoms with Gasteiger partial charge in [0.2, 0.25) is 0 Å². The van der Waals surface area contributed by atoms with E-state index in [1.807, 2.05) is 18.2 Å². The monoisotopic (exact) mass is 257 g/mol. The Hall–Kier alpha value is -0.770. The fourth-order valence-electron chi connectivity index (χ4n) is 1.65. The lowest BCUT2D eigenvalue weighted by Crippen LogP contribution is -2.19. The number of aliphatic hydroxyl groups excluding tert-OH is 1. The second-order valence-electron chi connectivity index (χ2n) is 4.13. The van der Waals surface area contributed by atoms with Gasteiger partial charge in [-0.1, -0.05) is 17.7 Å². The number of ether oxygens (including phenoxy) is 1. The minimum absolute atomic E-state index is 0.261. The van der Waals surface area contributed by atoms with Crippen LogP contribution >= 0.6 is 11.6 Å². The maximum atomic E-state index is 8.72. The molecule has 1 rings (SSSR count). The molecule has 0 spiro atoms. The summed E-state index contributed by atoms with van der Waals surface area (Å²) >= 11 is 6.17. The molecule has 0 amide bonds. The highest BCUT2D eigenvalue weighted by atomic mass is 35.5. The molecule has 0 aromatic heterocycles. The minimum atomic E-state index is 0.261. The van der Waals surface area contributed by atoms with Crippen LogP contribution in [-0.4, -0.2) is 37.3 Å². The van der Waals surface area contributed by atoms with Crippen LogP contribution in [0.2, 0.25) is 5.02 Å². The number of unbranched alkanes of at least 4 members (excludes halogenated alkanes) is 1. The third-order valence-corrected chi connectivity index (χ3v) is 3.00. The molecule has 17 heavy (non-hydrogen) atoms. The number of hydrogen-bond acceptors (Lipinski definition) is 3. The second-order valence-corrected chi connectivity index (χ2v) is 4.53. The van der Waals surface area contributed by atoms with Crippen LogP contribution in [0.5, 0.6) is 5.75 Å². The molecule has 0 fully saturated rings. The van der Waals surface area contributed by atoms with Crippen LogP contribution in [-0.2, 0) is 6.54 Å². The molecule has 4 heteroatoms. The van der Waals surface area contributed by atoms with Gasteiger partial charge in [0.1, 0.15) is 5.75 Å². The zero-order valence-electron chi connectivity index (χ0n) is 10.4. The molecule has 0 unspecified atom stereocenters. The lowest BCUT2D eigenvalue weighted by molar-refractivity contribution is 0.261. The van der Waals surface area contributed by atoms with Crippen molar-refractivity contribution >= 4 is 11.6 Å². The largest absolute Gasteiger partial charge is 0.497 e. The summed E-state index contributed by atoms with van der Waals surface area (Å²) in [6.45, 7) is 2.04. The van der Waals surface area contributed by atoms with Crippen LogP contribution in [0.3, 0.4) is 0 Å². The first-order valence-electron chi connectivity index (χ1n) is 5.79. The molecule has 1 aromatic rings. The van der Waals surface area contributed by atoms with E-state index in [0.717, 1.165) is 42.3 Å². The molecule has 96 valence electrons. The summed E-state index contributed by atoms with van der Waals surface area (Å²) in [6, 6.07) is 5.74. The fraction of sp³-hybridized carbons (Fsp3) is 0.538. The van der Waals surface area contributed by atoms with Crippen molar-refractivity contribution in [3.05, 3.63) is 28.8 Å². The maximum Gasteiger partial charge on any atom is 0.120 e. The molecule has 0 saturated heterocycles. The lowest BCUT2D eigenvalue weighted by Gasteiger charge is -2.17. The van der Waals surface area contributed by atoms with Gasteiger partial charge in [-0.15, -0.1) is 0 Å². The van der Waals surface area contributed by atoms with E-state index in [1.165, 1.54) is 0 Å². The van der Waals surface area contributed by atoms with Crippen molar-refractivity contribution in [2.75, 3.05) is 27.3 Å². The van der Waals surface area contributed by atoms with Gasteiger partial charge in [0, 0.05) is 18.2 Å². The highest BCUT2D eigenvalue weighted by Gasteiger charge is 2.05. The smallest absolute Gasteiger partial charge is 0.120 e. The maximum absolute atomic E-state index is 8.72. The number of hydrogen-bond donors (Lipinski definition) is 1. The molecule has 0 heterocycles. The SMILES string of the molecule is COc1ccc(CN(C)CCCCO)c(Cl)c1. The van der Waals surface area contributed by atoms with Crippen molar-refractivity contribution in [2.24, 2.45) is 0 Å². The highest BCUT2D eigenvalue weighted by molar-refractivity contribution is 6.31. The van der Waals surface area contributed by atoms with E-state index >= 15 is 0 Å². The normalized spacial score (nSPS) is 10.9. The summed E-state index contributed by atoms with van der Waals surface area (Å²) in [5.74, 6) is 0.779. The van der Waals surface area contributed by atoms with Crippen LogP contribution in [0.4, 0.5) is 0 Å². The van der Waals surface area contributed by atoms with E-state index in [1.54, 1.807) is 7.11 Å². The Kier molecular flexibility index (Phi) is 6.34. The summed E-state index contributed by atoms with van der Waals surface area (Å²) in [7, 11) is 3.68. The van der Waals surface area contributed by atoms with Crippen molar-refractivity contribution in [1.82, 2.24) is 4.90 Å². The predicted molar refractivity (Wildman–Crippen MR) is 70.7 cm³/mol. The van der Waals surface area contributed by atoms with Crippen molar-refractivity contribution in [3.8, 4) is 5.75 Å². The molecule has 1 aromatic carbocycles. The van der Waals surface area contributed by atoms with Gasteiger partial charge in [0.25, 0.3) is 0 Å². The molecule has 0 radical (unpaired) electrons. The van der Waals surface area contributed by atoms with E-state index in [2.05, 4.69) is 11.9 Å². The van der Waals surface area contributed by atoms with Gasteiger partial charge < -0.3 is 14.7 Å². The number of aliphatic hydroxyl groups is 1. The first-order valence-corrected chi connectivity index (χ1v) is 6.17. The summed E-state index contributed by atoms with van der Waals surface area (Å²) in [6.07, 6.45) is 1.85. The Morgan fingerprint density at radius 1 is 1.35 bits per heavy atom. The van der Waals surface area contributed by atoms with E-state index in [4.69, 9.17) is 21.4 Å². The van der Waals surface area contributed by atoms with E-state index < -0.39 is 0 Å². The van der Waals surface area contributed by atoms with Crippen molar-refractivity contribution in [2.45, 2.75) is 19.4 Å². The highest BCUT2D eigenvalue weighted by Crippen LogP contribution is 2.23. The predicted octanol–water partition coefficient (Wildman–Crippen LogP) is 2.55. The average Bonchev–Trinajstić information content (AvgIpc) is 2.32. The molecule has 0 aliphatic rings. The topological polar surface area (TPSA) is 32.7 Å². The minimum Gasteiger partial charge on any atom is -0.497 e. The Balaban J connectivity index is 2.50. The Morgan fingerprint density at radius 3 is 2.71 bits per heavy atom. The van der Waals surface area contributed by atoms with Gasteiger partial charge in [0.05, 0.1) is 7.11 Å². The average molecular weight is 258 g/mol. The Labute approximate surface area is 108 Å². The Bertz CT molecular complexity index is 344. The number of nitrogens with zero attached hydrogens (tertiary/aromatic N) is 1. The molecular weight excluding hydrogens is 238 g/mol. The molecule has 0 aliphatic carbocycles. The molecule has 3 nitrogen and oxygen atoms in total. The zero-order chi connectivity index (χ0) is 12.7. The lowest BCUT2D eigenvalue weighted by atomic mass is 10.2. The van der Waals surface area contributed by atoms with E-state index in [9.17, 15) is 0 Å². The van der Waals surface area contributed by atoms with Crippen LogP contribution in [0.1, 0.15) is 18.4 Å². The summed E-state index contributed by atoms with van der Waals surface area (Å²) in [4.78, 5) is 2.20. The summed E-state index contributed by atoms with van der Waals surface area (Å²) in [5, 5.41) is 9.45. The zero-order valence-corrected chi connectivity index (χ0v) is 11.2. The van der Waals surface area contributed by atoms with Gasteiger partial charge in [-0.25, -0.2) is 0 Å². The fourth-order valence-corrected chi connectivity index (χ4v) is 1.88. The quantitative estimate of drug-likeness (QED) is 0.762. The van der Waals surface area contributed by atoms with Gasteiger partial charge in [-0.05, 0) is 44.1 Å². The first-order chi connectivity index (χ1) is 8.17. The van der Waals surface area contributed by atoms with E-state index in [-0.39, 0.29) is 6.61 Å². The first kappa shape index (κ1) is 14.3.